The first-order chi connectivity index (χ1) is 11.2. The number of nitro groups is 1. The summed E-state index contributed by atoms with van der Waals surface area (Å²) in [7, 11) is 0. The first-order valence-corrected chi connectivity index (χ1v) is 8.55. The van der Waals surface area contributed by atoms with Gasteiger partial charge in [-0.15, -0.1) is 0 Å². The molecule has 0 aliphatic carbocycles. The van der Waals surface area contributed by atoms with E-state index in [1.807, 2.05) is 45.9 Å². The van der Waals surface area contributed by atoms with Crippen LogP contribution in [0, 0.1) is 15.9 Å². The van der Waals surface area contributed by atoms with Crippen LogP contribution in [0.15, 0.2) is 34.8 Å². The molecule has 0 aliphatic rings. The summed E-state index contributed by atoms with van der Waals surface area (Å²) in [5.41, 5.74) is 2.32. The number of hydrogen-bond donors (Lipinski definition) is 1. The number of nitro benzene ring substituents is 1. The number of anilines is 2. The molecule has 1 N–H and O–H groups in total. The number of rotatable bonds is 5. The molecule has 2 rings (SSSR count). The molecular formula is C18H20BrFN2O2. The lowest BCUT2D eigenvalue weighted by Gasteiger charge is -2.21. The average Bonchev–Trinajstić information content (AvgIpc) is 2.51. The normalized spacial score (nSPS) is 11.2. The molecule has 2 aromatic rings. The smallest absolute Gasteiger partial charge is 0.295 e. The Hall–Kier alpha value is -1.95. The number of nitrogens with one attached hydrogen (secondary N) is 1. The molecule has 0 unspecified atom stereocenters. The second-order valence-electron chi connectivity index (χ2n) is 6.26. The maximum atomic E-state index is 14.6. The monoisotopic (exact) mass is 394 g/mol. The van der Waals surface area contributed by atoms with Crippen molar-refractivity contribution in [2.75, 3.05) is 5.32 Å². The van der Waals surface area contributed by atoms with E-state index in [0.29, 0.717) is 0 Å². The lowest BCUT2D eigenvalue weighted by molar-refractivity contribution is -0.384. The van der Waals surface area contributed by atoms with Crippen LogP contribution in [0.25, 0.3) is 0 Å². The van der Waals surface area contributed by atoms with Gasteiger partial charge in [0.15, 0.2) is 11.5 Å². The van der Waals surface area contributed by atoms with Gasteiger partial charge < -0.3 is 5.32 Å². The third-order valence-corrected chi connectivity index (χ3v) is 4.50. The van der Waals surface area contributed by atoms with Crippen LogP contribution in [0.2, 0.25) is 0 Å². The lowest BCUT2D eigenvalue weighted by Crippen LogP contribution is -2.07. The highest BCUT2D eigenvalue weighted by Gasteiger charge is 2.23. The Morgan fingerprint density at radius 2 is 1.58 bits per heavy atom. The third-order valence-electron chi connectivity index (χ3n) is 3.89. The van der Waals surface area contributed by atoms with Crippen LogP contribution in [0.4, 0.5) is 21.5 Å². The molecule has 0 saturated carbocycles. The third kappa shape index (κ3) is 3.59. The van der Waals surface area contributed by atoms with Gasteiger partial charge in [-0.25, -0.2) is 4.39 Å². The van der Waals surface area contributed by atoms with Crippen molar-refractivity contribution in [1.82, 2.24) is 0 Å². The molecule has 2 aromatic carbocycles. The van der Waals surface area contributed by atoms with Crippen LogP contribution < -0.4 is 5.32 Å². The molecule has 0 spiro atoms. The molecular weight excluding hydrogens is 375 g/mol. The number of para-hydroxylation sites is 1. The van der Waals surface area contributed by atoms with Crippen molar-refractivity contribution in [2.45, 2.75) is 39.5 Å². The van der Waals surface area contributed by atoms with Gasteiger partial charge >= 0.3 is 0 Å². The Bertz CT molecular complexity index is 750. The minimum atomic E-state index is -0.669. The topological polar surface area (TPSA) is 55.2 Å². The van der Waals surface area contributed by atoms with E-state index >= 15 is 0 Å². The van der Waals surface area contributed by atoms with E-state index in [1.54, 1.807) is 0 Å². The van der Waals surface area contributed by atoms with Gasteiger partial charge in [-0.2, -0.15) is 0 Å². The zero-order valence-electron chi connectivity index (χ0n) is 14.1. The molecule has 0 bridgehead atoms. The predicted octanol–water partition coefficient (Wildman–Crippen LogP) is 6.49. The van der Waals surface area contributed by atoms with Crippen molar-refractivity contribution in [1.29, 1.82) is 0 Å². The van der Waals surface area contributed by atoms with Crippen LogP contribution >= 0.6 is 15.9 Å². The zero-order chi connectivity index (χ0) is 18.0. The van der Waals surface area contributed by atoms with Gasteiger partial charge in [-0.3, -0.25) is 10.1 Å². The van der Waals surface area contributed by atoms with Gasteiger partial charge in [0, 0.05) is 11.8 Å². The minimum absolute atomic E-state index is 0.121. The van der Waals surface area contributed by atoms with Crippen LogP contribution in [0.5, 0.6) is 0 Å². The molecule has 128 valence electrons. The molecule has 24 heavy (non-hydrogen) atoms. The van der Waals surface area contributed by atoms with Crippen LogP contribution in [0.3, 0.4) is 0 Å². The highest BCUT2D eigenvalue weighted by atomic mass is 79.9. The second kappa shape index (κ2) is 7.30. The van der Waals surface area contributed by atoms with Gasteiger partial charge in [-0.05, 0) is 45.0 Å². The molecule has 0 fully saturated rings. The Morgan fingerprint density at radius 3 is 2.04 bits per heavy atom. The van der Waals surface area contributed by atoms with Crippen LogP contribution in [0.1, 0.15) is 50.7 Å². The van der Waals surface area contributed by atoms with Gasteiger partial charge in [0.05, 0.1) is 9.40 Å². The summed E-state index contributed by atoms with van der Waals surface area (Å²) in [5, 5.41) is 14.3. The first kappa shape index (κ1) is 18.4. The van der Waals surface area contributed by atoms with E-state index in [1.165, 1.54) is 12.1 Å². The van der Waals surface area contributed by atoms with E-state index in [9.17, 15) is 14.5 Å². The number of benzene rings is 2. The second-order valence-corrected chi connectivity index (χ2v) is 7.11. The summed E-state index contributed by atoms with van der Waals surface area (Å²) < 4.78 is 14.7. The van der Waals surface area contributed by atoms with Crippen molar-refractivity contribution < 1.29 is 9.31 Å². The SMILES string of the molecule is CC(C)c1cccc(C(C)C)c1Nc1c([N+](=O)[O-])ccc(Br)c1F. The fraction of sp³-hybridized carbons (Fsp3) is 0.333. The predicted molar refractivity (Wildman–Crippen MR) is 98.7 cm³/mol. The summed E-state index contributed by atoms with van der Waals surface area (Å²) in [6, 6.07) is 8.52. The maximum absolute atomic E-state index is 14.6. The molecule has 0 amide bonds. The lowest BCUT2D eigenvalue weighted by atomic mass is 9.92. The Morgan fingerprint density at radius 1 is 1.04 bits per heavy atom. The van der Waals surface area contributed by atoms with E-state index in [4.69, 9.17) is 0 Å². The van der Waals surface area contributed by atoms with E-state index in [2.05, 4.69) is 21.2 Å². The molecule has 0 saturated heterocycles. The molecule has 0 heterocycles. The van der Waals surface area contributed by atoms with Crippen molar-refractivity contribution in [2.24, 2.45) is 0 Å². The zero-order valence-corrected chi connectivity index (χ0v) is 15.6. The average molecular weight is 395 g/mol. The number of hydrogen-bond acceptors (Lipinski definition) is 3. The summed E-state index contributed by atoms with van der Waals surface area (Å²) in [5.74, 6) is -0.279. The molecule has 0 aromatic heterocycles. The highest BCUT2D eigenvalue weighted by molar-refractivity contribution is 9.10. The van der Waals surface area contributed by atoms with Gasteiger partial charge in [0.25, 0.3) is 5.69 Å². The minimum Gasteiger partial charge on any atom is -0.347 e. The summed E-state index contributed by atoms with van der Waals surface area (Å²) in [6.45, 7) is 8.15. The standard InChI is InChI=1S/C18H20BrFN2O2/c1-10(2)12-6-5-7-13(11(3)4)17(12)21-18-15(22(23)24)9-8-14(19)16(18)20/h5-11,21H,1-4H3. The summed E-state index contributed by atoms with van der Waals surface area (Å²) in [6.07, 6.45) is 0. The van der Waals surface area contributed by atoms with Crippen molar-refractivity contribution in [3.05, 3.63) is 61.9 Å². The van der Waals surface area contributed by atoms with Crippen molar-refractivity contribution in [3.8, 4) is 0 Å². The molecule has 0 radical (unpaired) electrons. The van der Waals surface area contributed by atoms with Gasteiger partial charge in [0.2, 0.25) is 0 Å². The van der Waals surface area contributed by atoms with Crippen molar-refractivity contribution >= 4 is 33.0 Å². The Labute approximate surface area is 149 Å². The molecule has 0 atom stereocenters. The summed E-state index contributed by atoms with van der Waals surface area (Å²) >= 11 is 3.10. The number of halogens is 2. The maximum Gasteiger partial charge on any atom is 0.295 e. The van der Waals surface area contributed by atoms with E-state index in [0.717, 1.165) is 16.8 Å². The molecule has 4 nitrogen and oxygen atoms in total. The fourth-order valence-corrected chi connectivity index (χ4v) is 2.96. The van der Waals surface area contributed by atoms with E-state index in [-0.39, 0.29) is 27.7 Å². The largest absolute Gasteiger partial charge is 0.347 e. The number of nitrogens with zero attached hydrogens (tertiary/aromatic N) is 1. The fourth-order valence-electron chi connectivity index (χ4n) is 2.63. The molecule has 6 heteroatoms. The Kier molecular flexibility index (Phi) is 5.59. The van der Waals surface area contributed by atoms with Gasteiger partial charge in [0.1, 0.15) is 0 Å². The summed E-state index contributed by atoms with van der Waals surface area (Å²) in [4.78, 5) is 10.7. The van der Waals surface area contributed by atoms with Crippen LogP contribution in [-0.4, -0.2) is 4.92 Å². The van der Waals surface area contributed by atoms with Crippen molar-refractivity contribution in [3.63, 3.8) is 0 Å². The van der Waals surface area contributed by atoms with E-state index < -0.39 is 10.7 Å². The molecule has 0 aliphatic heterocycles. The quantitative estimate of drug-likeness (QED) is 0.465. The highest BCUT2D eigenvalue weighted by Crippen LogP contribution is 2.39. The first-order valence-electron chi connectivity index (χ1n) is 7.76. The Balaban J connectivity index is 2.68. The van der Waals surface area contributed by atoms with Crippen LogP contribution in [-0.2, 0) is 0 Å². The van der Waals surface area contributed by atoms with Gasteiger partial charge in [-0.1, -0.05) is 45.9 Å².